The number of hydrogen-bond donors (Lipinski definition) is 0. The quantitative estimate of drug-likeness (QED) is 0.570. The number of aldehydes is 1. The summed E-state index contributed by atoms with van der Waals surface area (Å²) >= 11 is 3.38. The third-order valence-corrected chi connectivity index (χ3v) is 2.09. The Hall–Kier alpha value is -0.630. The minimum Gasteiger partial charge on any atom is -0.303 e. The number of aryl methyl sites for hydroxylation is 1. The molecule has 0 saturated heterocycles. The first kappa shape index (κ1) is 9.46. The molecule has 1 rings (SSSR count). The fourth-order valence-corrected chi connectivity index (χ4v) is 1.58. The second kappa shape index (κ2) is 5.09. The van der Waals surface area contributed by atoms with E-state index in [4.69, 9.17) is 0 Å². The van der Waals surface area contributed by atoms with Crippen LogP contribution in [0.15, 0.2) is 24.3 Å². The van der Waals surface area contributed by atoms with Gasteiger partial charge in [-0.2, -0.15) is 0 Å². The normalized spacial score (nSPS) is 9.75. The number of alkyl halides is 1. The van der Waals surface area contributed by atoms with Crippen molar-refractivity contribution in [1.29, 1.82) is 0 Å². The van der Waals surface area contributed by atoms with Crippen molar-refractivity contribution < 1.29 is 4.79 Å². The number of halogens is 1. The highest BCUT2D eigenvalue weighted by Crippen LogP contribution is 2.06. The highest BCUT2D eigenvalue weighted by molar-refractivity contribution is 9.09. The molecule has 0 aliphatic carbocycles. The highest BCUT2D eigenvalue weighted by Gasteiger charge is 1.94. The van der Waals surface area contributed by atoms with Gasteiger partial charge in [-0.1, -0.05) is 40.2 Å². The van der Waals surface area contributed by atoms with Crippen molar-refractivity contribution in [3.8, 4) is 0 Å². The summed E-state index contributed by atoms with van der Waals surface area (Å²) in [7, 11) is 0. The van der Waals surface area contributed by atoms with Crippen LogP contribution in [-0.4, -0.2) is 11.6 Å². The van der Waals surface area contributed by atoms with E-state index in [-0.39, 0.29) is 0 Å². The molecular formula is C10H11BrO. The van der Waals surface area contributed by atoms with Crippen molar-refractivity contribution in [3.05, 3.63) is 35.4 Å². The van der Waals surface area contributed by atoms with Gasteiger partial charge in [0.15, 0.2) is 0 Å². The molecule has 0 aliphatic rings. The van der Waals surface area contributed by atoms with Crippen LogP contribution in [0.5, 0.6) is 0 Å². The molecule has 1 aromatic rings. The fraction of sp³-hybridized carbons (Fsp3) is 0.300. The Morgan fingerprint density at radius 2 is 2.08 bits per heavy atom. The number of carbonyl (C=O) groups excluding carboxylic acids is 1. The third kappa shape index (κ3) is 2.78. The van der Waals surface area contributed by atoms with Crippen molar-refractivity contribution in [2.24, 2.45) is 0 Å². The third-order valence-electron chi connectivity index (χ3n) is 1.69. The van der Waals surface area contributed by atoms with Crippen molar-refractivity contribution in [3.63, 3.8) is 0 Å². The van der Waals surface area contributed by atoms with Crippen LogP contribution in [0.2, 0.25) is 0 Å². The Balaban J connectivity index is 2.73. The Morgan fingerprint density at radius 3 is 2.75 bits per heavy atom. The average Bonchev–Trinajstić information content (AvgIpc) is 2.06. The van der Waals surface area contributed by atoms with E-state index in [0.717, 1.165) is 23.6 Å². The van der Waals surface area contributed by atoms with Gasteiger partial charge < -0.3 is 4.79 Å². The van der Waals surface area contributed by atoms with Crippen molar-refractivity contribution >= 4 is 22.2 Å². The van der Waals surface area contributed by atoms with Gasteiger partial charge in [-0.25, -0.2) is 0 Å². The lowest BCUT2D eigenvalue weighted by Crippen LogP contribution is -1.90. The van der Waals surface area contributed by atoms with Crippen molar-refractivity contribution in [2.45, 2.75) is 12.8 Å². The summed E-state index contributed by atoms with van der Waals surface area (Å²) in [4.78, 5) is 10.2. The first-order valence-corrected chi connectivity index (χ1v) is 5.06. The number of benzene rings is 1. The molecule has 64 valence electrons. The number of rotatable bonds is 4. The topological polar surface area (TPSA) is 17.1 Å². The van der Waals surface area contributed by atoms with E-state index in [0.29, 0.717) is 6.42 Å². The molecule has 0 atom stereocenters. The van der Waals surface area contributed by atoms with Crippen LogP contribution in [0.1, 0.15) is 11.1 Å². The number of hydrogen-bond acceptors (Lipinski definition) is 1. The molecule has 1 aromatic carbocycles. The molecular weight excluding hydrogens is 216 g/mol. The molecule has 0 saturated carbocycles. The van der Waals surface area contributed by atoms with Crippen LogP contribution in [0.25, 0.3) is 0 Å². The zero-order valence-electron chi connectivity index (χ0n) is 6.79. The second-order valence-corrected chi connectivity index (χ2v) is 3.42. The van der Waals surface area contributed by atoms with Gasteiger partial charge in [0.1, 0.15) is 6.29 Å². The molecule has 0 spiro atoms. The zero-order valence-corrected chi connectivity index (χ0v) is 8.38. The van der Waals surface area contributed by atoms with Gasteiger partial charge in [-0.3, -0.25) is 0 Å². The Labute approximate surface area is 80.9 Å². The minimum absolute atomic E-state index is 0.524. The Bertz CT molecular complexity index is 258. The van der Waals surface area contributed by atoms with Crippen molar-refractivity contribution in [1.82, 2.24) is 0 Å². The first-order chi connectivity index (χ1) is 5.86. The molecule has 0 amide bonds. The molecule has 0 unspecified atom stereocenters. The molecule has 0 aromatic heterocycles. The van der Waals surface area contributed by atoms with Crippen LogP contribution < -0.4 is 0 Å². The fourth-order valence-electron chi connectivity index (χ4n) is 1.12. The molecule has 12 heavy (non-hydrogen) atoms. The summed E-state index contributed by atoms with van der Waals surface area (Å²) < 4.78 is 0. The van der Waals surface area contributed by atoms with Crippen LogP contribution in [0.3, 0.4) is 0 Å². The largest absolute Gasteiger partial charge is 0.303 e. The zero-order chi connectivity index (χ0) is 8.81. The van der Waals surface area contributed by atoms with Gasteiger partial charge in [0.05, 0.1) is 0 Å². The first-order valence-electron chi connectivity index (χ1n) is 3.94. The van der Waals surface area contributed by atoms with Gasteiger partial charge in [-0.15, -0.1) is 0 Å². The van der Waals surface area contributed by atoms with Crippen LogP contribution >= 0.6 is 15.9 Å². The average molecular weight is 227 g/mol. The summed E-state index contributed by atoms with van der Waals surface area (Å²) in [5.74, 6) is 0. The molecule has 0 aliphatic heterocycles. The molecule has 0 heterocycles. The predicted octanol–water partition coefficient (Wildman–Crippen LogP) is 2.37. The lowest BCUT2D eigenvalue weighted by atomic mass is 10.1. The summed E-state index contributed by atoms with van der Waals surface area (Å²) in [5.41, 5.74) is 2.38. The minimum atomic E-state index is 0.524. The van der Waals surface area contributed by atoms with Gasteiger partial charge in [0, 0.05) is 11.8 Å². The lowest BCUT2D eigenvalue weighted by molar-refractivity contribution is -0.107. The van der Waals surface area contributed by atoms with Crippen LogP contribution in [0.4, 0.5) is 0 Å². The van der Waals surface area contributed by atoms with Gasteiger partial charge in [0.2, 0.25) is 0 Å². The molecule has 0 radical (unpaired) electrons. The van der Waals surface area contributed by atoms with Crippen LogP contribution in [0, 0.1) is 0 Å². The van der Waals surface area contributed by atoms with E-state index in [1.165, 1.54) is 5.56 Å². The molecule has 1 nitrogen and oxygen atoms in total. The van der Waals surface area contributed by atoms with Gasteiger partial charge in [0.25, 0.3) is 0 Å². The molecule has 0 N–H and O–H groups in total. The number of carbonyl (C=O) groups is 1. The molecule has 0 fully saturated rings. The second-order valence-electron chi connectivity index (χ2n) is 2.63. The molecule has 0 bridgehead atoms. The standard InChI is InChI=1S/C10H11BrO/c11-6-4-9-2-1-3-10(8-9)5-7-12/h1-3,7-8H,4-6H2. The highest BCUT2D eigenvalue weighted by atomic mass is 79.9. The van der Waals surface area contributed by atoms with E-state index in [1.54, 1.807) is 0 Å². The molecule has 2 heteroatoms. The predicted molar refractivity (Wildman–Crippen MR) is 53.7 cm³/mol. The summed E-state index contributed by atoms with van der Waals surface area (Å²) in [6, 6.07) is 8.13. The van der Waals surface area contributed by atoms with E-state index in [9.17, 15) is 4.79 Å². The van der Waals surface area contributed by atoms with Crippen molar-refractivity contribution in [2.75, 3.05) is 5.33 Å². The Morgan fingerprint density at radius 1 is 1.33 bits per heavy atom. The summed E-state index contributed by atoms with van der Waals surface area (Å²) in [5, 5.41) is 0.970. The maximum atomic E-state index is 10.2. The maximum absolute atomic E-state index is 10.2. The van der Waals surface area contributed by atoms with Gasteiger partial charge in [-0.05, 0) is 17.5 Å². The van der Waals surface area contributed by atoms with E-state index in [1.807, 2.05) is 12.1 Å². The summed E-state index contributed by atoms with van der Waals surface area (Å²) in [6.07, 6.45) is 2.48. The van der Waals surface area contributed by atoms with E-state index in [2.05, 4.69) is 28.1 Å². The van der Waals surface area contributed by atoms with E-state index >= 15 is 0 Å². The summed E-state index contributed by atoms with van der Waals surface area (Å²) in [6.45, 7) is 0. The lowest BCUT2D eigenvalue weighted by Gasteiger charge is -1.99. The van der Waals surface area contributed by atoms with Gasteiger partial charge >= 0.3 is 0 Å². The SMILES string of the molecule is O=CCc1cccc(CCBr)c1. The smallest absolute Gasteiger partial charge is 0.124 e. The monoisotopic (exact) mass is 226 g/mol. The Kier molecular flexibility index (Phi) is 4.01. The maximum Gasteiger partial charge on any atom is 0.124 e. The van der Waals surface area contributed by atoms with E-state index < -0.39 is 0 Å². The van der Waals surface area contributed by atoms with Crippen LogP contribution in [-0.2, 0) is 17.6 Å².